The van der Waals surface area contributed by atoms with Gasteiger partial charge < -0.3 is 10.5 Å². The van der Waals surface area contributed by atoms with Gasteiger partial charge in [0, 0.05) is 12.0 Å². The molecule has 0 spiro atoms. The predicted octanol–water partition coefficient (Wildman–Crippen LogP) is 4.04. The highest BCUT2D eigenvalue weighted by molar-refractivity contribution is 5.33. The van der Waals surface area contributed by atoms with Crippen molar-refractivity contribution < 1.29 is 4.74 Å². The third-order valence-corrected chi connectivity index (χ3v) is 4.67. The van der Waals surface area contributed by atoms with Crippen LogP contribution in [0.5, 0.6) is 5.75 Å². The van der Waals surface area contributed by atoms with Gasteiger partial charge in [0.05, 0.1) is 0 Å². The van der Waals surface area contributed by atoms with Crippen molar-refractivity contribution in [2.75, 3.05) is 6.54 Å². The fourth-order valence-electron chi connectivity index (χ4n) is 3.31. The van der Waals surface area contributed by atoms with Crippen LogP contribution in [0.3, 0.4) is 0 Å². The third-order valence-electron chi connectivity index (χ3n) is 4.67. The first-order valence-corrected chi connectivity index (χ1v) is 7.80. The minimum atomic E-state index is 0.206. The molecule has 21 heavy (non-hydrogen) atoms. The second-order valence-corrected chi connectivity index (χ2v) is 5.99. The molecule has 1 aliphatic rings. The number of rotatable bonds is 5. The van der Waals surface area contributed by atoms with Crippen LogP contribution >= 0.6 is 0 Å². The summed E-state index contributed by atoms with van der Waals surface area (Å²) in [6.07, 6.45) is 5.02. The first-order chi connectivity index (χ1) is 10.3. The highest BCUT2D eigenvalue weighted by Crippen LogP contribution is 2.40. The number of hydrogen-bond donors (Lipinski definition) is 1. The van der Waals surface area contributed by atoms with Crippen molar-refractivity contribution in [3.8, 4) is 5.75 Å². The molecule has 0 atom stereocenters. The Morgan fingerprint density at radius 3 is 2.19 bits per heavy atom. The monoisotopic (exact) mass is 281 g/mol. The van der Waals surface area contributed by atoms with E-state index < -0.39 is 0 Å². The predicted molar refractivity (Wildman–Crippen MR) is 86.4 cm³/mol. The molecule has 1 aliphatic carbocycles. The Morgan fingerprint density at radius 2 is 1.57 bits per heavy atom. The highest BCUT2D eigenvalue weighted by atomic mass is 16.5. The van der Waals surface area contributed by atoms with Crippen molar-refractivity contribution in [2.24, 2.45) is 5.73 Å². The Labute approximate surface area is 126 Å². The maximum absolute atomic E-state index is 6.04. The fourth-order valence-corrected chi connectivity index (χ4v) is 3.31. The molecule has 2 aromatic carbocycles. The Morgan fingerprint density at radius 1 is 0.905 bits per heavy atom. The summed E-state index contributed by atoms with van der Waals surface area (Å²) in [5.74, 6) is 0.924. The second-order valence-electron chi connectivity index (χ2n) is 5.99. The maximum atomic E-state index is 6.04. The van der Waals surface area contributed by atoms with Gasteiger partial charge >= 0.3 is 0 Å². The summed E-state index contributed by atoms with van der Waals surface area (Å²) in [6, 6.07) is 18.8. The van der Waals surface area contributed by atoms with Crippen molar-refractivity contribution in [1.29, 1.82) is 0 Å². The van der Waals surface area contributed by atoms with Gasteiger partial charge in [0.2, 0.25) is 0 Å². The molecule has 110 valence electrons. The summed E-state index contributed by atoms with van der Waals surface area (Å²) < 4.78 is 5.85. The molecule has 0 heterocycles. The quantitative estimate of drug-likeness (QED) is 0.898. The molecule has 2 N–H and O–H groups in total. The Hall–Kier alpha value is -1.80. The van der Waals surface area contributed by atoms with E-state index in [1.54, 1.807) is 0 Å². The van der Waals surface area contributed by atoms with E-state index in [4.69, 9.17) is 10.5 Å². The van der Waals surface area contributed by atoms with Crippen LogP contribution in [0, 0.1) is 0 Å². The lowest BCUT2D eigenvalue weighted by atomic mass is 9.79. The van der Waals surface area contributed by atoms with Gasteiger partial charge in [-0.05, 0) is 36.1 Å². The van der Waals surface area contributed by atoms with Crippen molar-refractivity contribution in [3.05, 3.63) is 65.7 Å². The summed E-state index contributed by atoms with van der Waals surface area (Å²) in [4.78, 5) is 0. The van der Waals surface area contributed by atoms with Gasteiger partial charge in [-0.2, -0.15) is 0 Å². The lowest BCUT2D eigenvalue weighted by Gasteiger charge is -2.28. The molecule has 0 unspecified atom stereocenters. The van der Waals surface area contributed by atoms with Gasteiger partial charge in [0.1, 0.15) is 12.4 Å². The van der Waals surface area contributed by atoms with E-state index in [1.807, 2.05) is 18.2 Å². The van der Waals surface area contributed by atoms with Crippen LogP contribution < -0.4 is 10.5 Å². The van der Waals surface area contributed by atoms with E-state index in [-0.39, 0.29) is 5.41 Å². The van der Waals surface area contributed by atoms with E-state index in [0.29, 0.717) is 6.61 Å². The molecule has 0 saturated heterocycles. The molecule has 0 bridgehead atoms. The van der Waals surface area contributed by atoms with Gasteiger partial charge in [-0.15, -0.1) is 0 Å². The van der Waals surface area contributed by atoms with Gasteiger partial charge in [-0.1, -0.05) is 55.3 Å². The maximum Gasteiger partial charge on any atom is 0.119 e. The van der Waals surface area contributed by atoms with Gasteiger partial charge in [0.25, 0.3) is 0 Å². The molecule has 1 fully saturated rings. The Balaban J connectivity index is 1.67. The Bertz CT molecular complexity index is 556. The molecule has 0 amide bonds. The average Bonchev–Trinajstić information content (AvgIpc) is 3.05. The summed E-state index contributed by atoms with van der Waals surface area (Å²) in [5.41, 5.74) is 8.81. The molecule has 3 rings (SSSR count). The van der Waals surface area contributed by atoms with Crippen LogP contribution in [0.25, 0.3) is 0 Å². The number of hydrogen-bond acceptors (Lipinski definition) is 2. The smallest absolute Gasteiger partial charge is 0.119 e. The molecule has 2 aromatic rings. The zero-order valence-electron chi connectivity index (χ0n) is 12.4. The first kappa shape index (κ1) is 14.2. The Kier molecular flexibility index (Phi) is 4.26. The molecular weight excluding hydrogens is 258 g/mol. The SMILES string of the molecule is NCC1(c2ccc(OCc3ccccc3)cc2)CCCC1. The highest BCUT2D eigenvalue weighted by Gasteiger charge is 2.33. The lowest BCUT2D eigenvalue weighted by Crippen LogP contribution is -2.31. The van der Waals surface area contributed by atoms with Crippen molar-refractivity contribution in [1.82, 2.24) is 0 Å². The summed E-state index contributed by atoms with van der Waals surface area (Å²) >= 11 is 0. The van der Waals surface area contributed by atoms with Crippen LogP contribution in [-0.2, 0) is 12.0 Å². The summed E-state index contributed by atoms with van der Waals surface area (Å²) in [6.45, 7) is 1.36. The van der Waals surface area contributed by atoms with Gasteiger partial charge in [0.15, 0.2) is 0 Å². The topological polar surface area (TPSA) is 35.2 Å². The zero-order chi connectivity index (χ0) is 14.5. The van der Waals surface area contributed by atoms with E-state index in [2.05, 4.69) is 36.4 Å². The largest absolute Gasteiger partial charge is 0.489 e. The second kappa shape index (κ2) is 6.31. The van der Waals surface area contributed by atoms with Crippen LogP contribution in [0.1, 0.15) is 36.8 Å². The summed E-state index contributed by atoms with van der Waals surface area (Å²) in [5, 5.41) is 0. The molecule has 2 heteroatoms. The lowest BCUT2D eigenvalue weighted by molar-refractivity contribution is 0.306. The minimum absolute atomic E-state index is 0.206. The molecule has 0 radical (unpaired) electrons. The number of ether oxygens (including phenoxy) is 1. The van der Waals surface area contributed by atoms with Crippen molar-refractivity contribution in [3.63, 3.8) is 0 Å². The molecular formula is C19H23NO. The summed E-state index contributed by atoms with van der Waals surface area (Å²) in [7, 11) is 0. The third kappa shape index (κ3) is 3.11. The first-order valence-electron chi connectivity index (χ1n) is 7.80. The van der Waals surface area contributed by atoms with E-state index in [1.165, 1.54) is 36.8 Å². The molecule has 0 aliphatic heterocycles. The minimum Gasteiger partial charge on any atom is -0.489 e. The number of nitrogens with two attached hydrogens (primary N) is 1. The standard InChI is InChI=1S/C19H23NO/c20-15-19(12-4-5-13-19)17-8-10-18(11-9-17)21-14-16-6-2-1-3-7-16/h1-3,6-11H,4-5,12-15,20H2. The molecule has 0 aromatic heterocycles. The molecule has 1 saturated carbocycles. The van der Waals surface area contributed by atoms with Crippen LogP contribution in [0.2, 0.25) is 0 Å². The molecule has 2 nitrogen and oxygen atoms in total. The van der Waals surface area contributed by atoms with Gasteiger partial charge in [-0.3, -0.25) is 0 Å². The number of benzene rings is 2. The van der Waals surface area contributed by atoms with E-state index >= 15 is 0 Å². The van der Waals surface area contributed by atoms with Crippen LogP contribution in [0.15, 0.2) is 54.6 Å². The van der Waals surface area contributed by atoms with E-state index in [0.717, 1.165) is 12.3 Å². The fraction of sp³-hybridized carbons (Fsp3) is 0.368. The van der Waals surface area contributed by atoms with Gasteiger partial charge in [-0.25, -0.2) is 0 Å². The average molecular weight is 281 g/mol. The zero-order valence-corrected chi connectivity index (χ0v) is 12.4. The van der Waals surface area contributed by atoms with E-state index in [9.17, 15) is 0 Å². The van der Waals surface area contributed by atoms with Crippen LogP contribution in [0.4, 0.5) is 0 Å². The normalized spacial score (nSPS) is 16.8. The van der Waals surface area contributed by atoms with Crippen LogP contribution in [-0.4, -0.2) is 6.54 Å². The van der Waals surface area contributed by atoms with Crippen molar-refractivity contribution in [2.45, 2.75) is 37.7 Å². The van der Waals surface area contributed by atoms with Crippen molar-refractivity contribution >= 4 is 0 Å².